The molecule has 21 heavy (non-hydrogen) atoms. The summed E-state index contributed by atoms with van der Waals surface area (Å²) in [5, 5.41) is 10.3. The lowest BCUT2D eigenvalue weighted by atomic mass is 9.78. The highest BCUT2D eigenvalue weighted by molar-refractivity contribution is 5.87. The van der Waals surface area contributed by atoms with E-state index in [1.54, 1.807) is 6.07 Å². The monoisotopic (exact) mass is 292 g/mol. The Hall–Kier alpha value is -1.66. The maximum atomic E-state index is 12.4. The third kappa shape index (κ3) is 1.66. The SMILES string of the molecule is C[C@@H]1CC[C@]2(Oc3ccoc(=O)c3[C@@H]3[C@@H](O)CC(=O)[C@@H]32)O1. The smallest absolute Gasteiger partial charge is 0.343 e. The predicted octanol–water partition coefficient (Wildman–Crippen LogP) is 0.961. The van der Waals surface area contributed by atoms with Crippen molar-refractivity contribution in [3.63, 3.8) is 0 Å². The number of carbonyl (C=O) groups is 1. The molecule has 0 amide bonds. The van der Waals surface area contributed by atoms with Crippen LogP contribution in [0.15, 0.2) is 21.5 Å². The highest BCUT2D eigenvalue weighted by Gasteiger charge is 2.62. The fourth-order valence-corrected chi connectivity index (χ4v) is 3.98. The average molecular weight is 292 g/mol. The Bertz CT molecular complexity index is 664. The Balaban J connectivity index is 1.92. The van der Waals surface area contributed by atoms with E-state index in [-0.39, 0.29) is 23.9 Å². The van der Waals surface area contributed by atoms with Crippen LogP contribution in [0, 0.1) is 5.92 Å². The minimum Gasteiger partial charge on any atom is -0.461 e. The summed E-state index contributed by atoms with van der Waals surface area (Å²) in [6, 6.07) is 1.55. The molecular formula is C15H16O6. The summed E-state index contributed by atoms with van der Waals surface area (Å²) in [6.45, 7) is 1.93. The normalized spacial score (nSPS) is 41.0. The van der Waals surface area contributed by atoms with Crippen LogP contribution in [-0.2, 0) is 9.53 Å². The van der Waals surface area contributed by atoms with Crippen LogP contribution in [-0.4, -0.2) is 28.9 Å². The lowest BCUT2D eigenvalue weighted by Crippen LogP contribution is -2.52. The standard InChI is InChI=1S/C15H16O6/c1-7-2-4-15(20-7)13-9(17)6-8(16)11(13)12-10(21-15)3-5-19-14(12)18/h3,5,7-8,11,13,16H,2,4,6H2,1H3/t7-,8+,11+,13+,15-/m1/s1. The van der Waals surface area contributed by atoms with E-state index in [0.29, 0.717) is 12.2 Å². The van der Waals surface area contributed by atoms with Gasteiger partial charge >= 0.3 is 5.63 Å². The Labute approximate surface area is 120 Å². The summed E-state index contributed by atoms with van der Waals surface area (Å²) in [5.41, 5.74) is -0.299. The number of aliphatic hydroxyl groups excluding tert-OH is 1. The zero-order valence-electron chi connectivity index (χ0n) is 11.6. The van der Waals surface area contributed by atoms with Crippen LogP contribution in [0.5, 0.6) is 5.75 Å². The molecule has 2 aliphatic heterocycles. The van der Waals surface area contributed by atoms with Crippen molar-refractivity contribution in [2.45, 2.75) is 50.1 Å². The van der Waals surface area contributed by atoms with E-state index in [9.17, 15) is 14.7 Å². The number of aliphatic hydroxyl groups is 1. The minimum atomic E-state index is -1.06. The van der Waals surface area contributed by atoms with E-state index in [4.69, 9.17) is 13.9 Å². The lowest BCUT2D eigenvalue weighted by Gasteiger charge is -2.42. The van der Waals surface area contributed by atoms with E-state index >= 15 is 0 Å². The van der Waals surface area contributed by atoms with E-state index in [1.165, 1.54) is 6.26 Å². The molecule has 6 heteroatoms. The quantitative estimate of drug-likeness (QED) is 0.766. The third-order valence-corrected chi connectivity index (χ3v) is 4.80. The highest BCUT2D eigenvalue weighted by atomic mass is 16.7. The van der Waals surface area contributed by atoms with E-state index in [1.807, 2.05) is 6.92 Å². The van der Waals surface area contributed by atoms with E-state index in [0.717, 1.165) is 6.42 Å². The Kier molecular flexibility index (Phi) is 2.59. The van der Waals surface area contributed by atoms with Crippen LogP contribution in [0.3, 0.4) is 0 Å². The van der Waals surface area contributed by atoms with Gasteiger partial charge in [-0.2, -0.15) is 0 Å². The van der Waals surface area contributed by atoms with Crippen molar-refractivity contribution in [2.75, 3.05) is 0 Å². The summed E-state index contributed by atoms with van der Waals surface area (Å²) in [4.78, 5) is 24.4. The molecule has 1 aromatic rings. The van der Waals surface area contributed by atoms with Gasteiger partial charge in [-0.25, -0.2) is 4.79 Å². The van der Waals surface area contributed by atoms with E-state index in [2.05, 4.69) is 0 Å². The van der Waals surface area contributed by atoms with Crippen molar-refractivity contribution < 1.29 is 23.8 Å². The number of ether oxygens (including phenoxy) is 2. The average Bonchev–Trinajstić information content (AvgIpc) is 2.92. The number of hydrogen-bond donors (Lipinski definition) is 1. The summed E-state index contributed by atoms with van der Waals surface area (Å²) in [7, 11) is 0. The molecule has 1 spiro atoms. The molecule has 3 aliphatic rings. The first-order valence-corrected chi connectivity index (χ1v) is 7.21. The molecule has 0 unspecified atom stereocenters. The molecule has 1 N–H and O–H groups in total. The van der Waals surface area contributed by atoms with Crippen LogP contribution in [0.2, 0.25) is 0 Å². The second kappa shape index (κ2) is 4.18. The maximum Gasteiger partial charge on any atom is 0.343 e. The largest absolute Gasteiger partial charge is 0.461 e. The van der Waals surface area contributed by atoms with Gasteiger partial charge in [-0.15, -0.1) is 0 Å². The summed E-state index contributed by atoms with van der Waals surface area (Å²) in [6.07, 6.45) is 1.73. The molecule has 1 aliphatic carbocycles. The third-order valence-electron chi connectivity index (χ3n) is 4.80. The molecule has 0 bridgehead atoms. The Morgan fingerprint density at radius 1 is 1.38 bits per heavy atom. The molecule has 1 saturated carbocycles. The molecule has 4 rings (SSSR count). The predicted molar refractivity (Wildman–Crippen MR) is 70.0 cm³/mol. The zero-order valence-corrected chi connectivity index (χ0v) is 11.6. The van der Waals surface area contributed by atoms with Gasteiger partial charge in [-0.05, 0) is 13.3 Å². The second-order valence-corrected chi connectivity index (χ2v) is 6.11. The first-order chi connectivity index (χ1) is 10.0. The van der Waals surface area contributed by atoms with Crippen molar-refractivity contribution in [3.8, 4) is 5.75 Å². The number of Topliss-reactive ketones (excluding diaryl/α,β-unsaturated/α-hetero) is 1. The number of hydrogen-bond acceptors (Lipinski definition) is 6. The molecule has 112 valence electrons. The zero-order chi connectivity index (χ0) is 14.8. The van der Waals surface area contributed by atoms with Crippen LogP contribution >= 0.6 is 0 Å². The summed E-state index contributed by atoms with van der Waals surface area (Å²) < 4.78 is 16.8. The fraction of sp³-hybridized carbons (Fsp3) is 0.600. The van der Waals surface area contributed by atoms with Gasteiger partial charge in [0.2, 0.25) is 5.79 Å². The molecule has 5 atom stereocenters. The molecule has 1 aromatic heterocycles. The first kappa shape index (κ1) is 13.0. The molecule has 3 heterocycles. The van der Waals surface area contributed by atoms with E-state index < -0.39 is 29.4 Å². The molecule has 2 fully saturated rings. The molecule has 6 nitrogen and oxygen atoms in total. The minimum absolute atomic E-state index is 0.0159. The fourth-order valence-electron chi connectivity index (χ4n) is 3.98. The molecule has 0 aromatic carbocycles. The van der Waals surface area contributed by atoms with Crippen LogP contribution < -0.4 is 10.4 Å². The van der Waals surface area contributed by atoms with Crippen molar-refractivity contribution in [1.82, 2.24) is 0 Å². The van der Waals surface area contributed by atoms with Gasteiger partial charge in [0.05, 0.1) is 30.0 Å². The van der Waals surface area contributed by atoms with Gasteiger partial charge < -0.3 is 19.0 Å². The second-order valence-electron chi connectivity index (χ2n) is 6.11. The van der Waals surface area contributed by atoms with Gasteiger partial charge in [-0.1, -0.05) is 0 Å². The van der Waals surface area contributed by atoms with Gasteiger partial charge in [0.25, 0.3) is 0 Å². The first-order valence-electron chi connectivity index (χ1n) is 7.21. The Morgan fingerprint density at radius 3 is 2.90 bits per heavy atom. The van der Waals surface area contributed by atoms with Gasteiger partial charge in [0.15, 0.2) is 0 Å². The van der Waals surface area contributed by atoms with Crippen LogP contribution in [0.1, 0.15) is 37.7 Å². The molecule has 0 radical (unpaired) electrons. The number of ketones is 1. The maximum absolute atomic E-state index is 12.4. The number of fused-ring (bicyclic) bond motifs is 4. The van der Waals surface area contributed by atoms with Gasteiger partial charge in [-0.3, -0.25) is 4.79 Å². The number of rotatable bonds is 0. The summed E-state index contributed by atoms with van der Waals surface area (Å²) in [5.74, 6) is -2.07. The van der Waals surface area contributed by atoms with Crippen molar-refractivity contribution in [1.29, 1.82) is 0 Å². The highest BCUT2D eigenvalue weighted by Crippen LogP contribution is 2.54. The number of carbonyl (C=O) groups excluding carboxylic acids is 1. The van der Waals surface area contributed by atoms with Crippen molar-refractivity contribution in [2.24, 2.45) is 5.92 Å². The summed E-state index contributed by atoms with van der Waals surface area (Å²) >= 11 is 0. The molecular weight excluding hydrogens is 276 g/mol. The van der Waals surface area contributed by atoms with Gasteiger partial charge in [0, 0.05) is 24.8 Å². The molecule has 1 saturated heterocycles. The Morgan fingerprint density at radius 2 is 2.19 bits per heavy atom. The topological polar surface area (TPSA) is 86.0 Å². The van der Waals surface area contributed by atoms with Crippen molar-refractivity contribution >= 4 is 5.78 Å². The van der Waals surface area contributed by atoms with Crippen molar-refractivity contribution in [3.05, 3.63) is 28.3 Å². The van der Waals surface area contributed by atoms with Crippen LogP contribution in [0.4, 0.5) is 0 Å². The lowest BCUT2D eigenvalue weighted by molar-refractivity contribution is -0.213. The van der Waals surface area contributed by atoms with Crippen LogP contribution in [0.25, 0.3) is 0 Å². The van der Waals surface area contributed by atoms with Gasteiger partial charge in [0.1, 0.15) is 11.5 Å².